The maximum atomic E-state index is 11.8. The van der Waals surface area contributed by atoms with Crippen LogP contribution >= 0.6 is 11.3 Å². The molecular formula is C10H15NO4S2. The van der Waals surface area contributed by atoms with Gasteiger partial charge in [-0.15, -0.1) is 11.3 Å². The molecule has 17 heavy (non-hydrogen) atoms. The maximum absolute atomic E-state index is 11.8. The Bertz CT molecular complexity index is 490. The van der Waals surface area contributed by atoms with Crippen molar-refractivity contribution in [3.05, 3.63) is 17.0 Å². The van der Waals surface area contributed by atoms with Gasteiger partial charge >= 0.3 is 5.97 Å². The van der Waals surface area contributed by atoms with Crippen molar-refractivity contribution in [2.75, 3.05) is 6.54 Å². The van der Waals surface area contributed by atoms with E-state index >= 15 is 0 Å². The fourth-order valence-corrected chi connectivity index (χ4v) is 3.37. The summed E-state index contributed by atoms with van der Waals surface area (Å²) in [5, 5.41) is 10.0. The maximum Gasteiger partial charge on any atom is 0.336 e. The third-order valence-corrected chi connectivity index (χ3v) is 5.00. The van der Waals surface area contributed by atoms with Gasteiger partial charge in [-0.25, -0.2) is 17.9 Å². The van der Waals surface area contributed by atoms with Crippen molar-refractivity contribution in [1.82, 2.24) is 4.72 Å². The van der Waals surface area contributed by atoms with Crippen LogP contribution in [-0.4, -0.2) is 26.0 Å². The lowest BCUT2D eigenvalue weighted by molar-refractivity contribution is 0.0697. The van der Waals surface area contributed by atoms with E-state index in [-0.39, 0.29) is 9.77 Å². The van der Waals surface area contributed by atoms with Gasteiger partial charge in [0.2, 0.25) is 10.0 Å². The van der Waals surface area contributed by atoms with Crippen molar-refractivity contribution in [2.24, 2.45) is 5.92 Å². The Hall–Kier alpha value is -0.920. The molecule has 1 aromatic rings. The van der Waals surface area contributed by atoms with E-state index in [2.05, 4.69) is 4.72 Å². The molecule has 0 radical (unpaired) electrons. The highest BCUT2D eigenvalue weighted by molar-refractivity contribution is 7.91. The monoisotopic (exact) mass is 277 g/mol. The zero-order chi connectivity index (χ0) is 13.1. The number of hydrogen-bond acceptors (Lipinski definition) is 4. The summed E-state index contributed by atoms with van der Waals surface area (Å²) < 4.78 is 26.0. The molecule has 0 fully saturated rings. The highest BCUT2D eigenvalue weighted by atomic mass is 32.2. The predicted molar refractivity (Wildman–Crippen MR) is 65.9 cm³/mol. The Morgan fingerprint density at radius 1 is 1.53 bits per heavy atom. The van der Waals surface area contributed by atoms with Gasteiger partial charge < -0.3 is 5.11 Å². The van der Waals surface area contributed by atoms with Gasteiger partial charge in [0.1, 0.15) is 4.21 Å². The van der Waals surface area contributed by atoms with Gasteiger partial charge in [0.05, 0.1) is 5.56 Å². The van der Waals surface area contributed by atoms with E-state index in [1.54, 1.807) is 0 Å². The summed E-state index contributed by atoms with van der Waals surface area (Å²) in [5.74, 6) is -0.708. The Morgan fingerprint density at radius 2 is 2.18 bits per heavy atom. The van der Waals surface area contributed by atoms with E-state index in [0.29, 0.717) is 12.5 Å². The summed E-state index contributed by atoms with van der Waals surface area (Å²) >= 11 is 0.912. The molecule has 2 N–H and O–H groups in total. The van der Waals surface area contributed by atoms with E-state index < -0.39 is 16.0 Å². The minimum atomic E-state index is -3.56. The number of nitrogens with one attached hydrogen (secondary N) is 1. The zero-order valence-corrected chi connectivity index (χ0v) is 11.3. The number of rotatable bonds is 6. The molecule has 0 spiro atoms. The normalized spacial score (nSPS) is 11.9. The first-order valence-corrected chi connectivity index (χ1v) is 7.50. The second kappa shape index (κ2) is 5.61. The lowest BCUT2D eigenvalue weighted by Gasteiger charge is -2.06. The van der Waals surface area contributed by atoms with Crippen molar-refractivity contribution in [1.29, 1.82) is 0 Å². The lowest BCUT2D eigenvalue weighted by Crippen LogP contribution is -2.24. The molecule has 5 nitrogen and oxygen atoms in total. The van der Waals surface area contributed by atoms with E-state index in [1.807, 2.05) is 13.8 Å². The van der Waals surface area contributed by atoms with Crippen molar-refractivity contribution in [2.45, 2.75) is 24.5 Å². The number of hydrogen-bond donors (Lipinski definition) is 2. The Balaban J connectivity index is 2.72. The smallest absolute Gasteiger partial charge is 0.336 e. The van der Waals surface area contributed by atoms with Crippen LogP contribution in [0.25, 0.3) is 0 Å². The van der Waals surface area contributed by atoms with Crippen molar-refractivity contribution in [3.63, 3.8) is 0 Å². The minimum absolute atomic E-state index is 0.000709. The van der Waals surface area contributed by atoms with Crippen LogP contribution in [0.2, 0.25) is 0 Å². The molecule has 0 unspecified atom stereocenters. The predicted octanol–water partition coefficient (Wildman–Crippen LogP) is 1.77. The summed E-state index contributed by atoms with van der Waals surface area (Å²) in [6.07, 6.45) is 0.746. The van der Waals surface area contributed by atoms with Crippen LogP contribution in [0.15, 0.2) is 15.7 Å². The van der Waals surface area contributed by atoms with Crippen LogP contribution in [0.3, 0.4) is 0 Å². The summed E-state index contributed by atoms with van der Waals surface area (Å²) in [5.41, 5.74) is -0.000709. The van der Waals surface area contributed by atoms with Gasteiger partial charge in [-0.2, -0.15) is 0 Å². The molecular weight excluding hydrogens is 262 g/mol. The third-order valence-electron chi connectivity index (χ3n) is 2.10. The fraction of sp³-hybridized carbons (Fsp3) is 0.500. The molecule has 0 saturated carbocycles. The number of carboxylic acid groups (broad SMARTS) is 1. The fourth-order valence-electron chi connectivity index (χ4n) is 1.12. The molecule has 0 atom stereocenters. The van der Waals surface area contributed by atoms with E-state index in [9.17, 15) is 13.2 Å². The molecule has 0 bridgehead atoms. The van der Waals surface area contributed by atoms with Crippen LogP contribution in [0.4, 0.5) is 0 Å². The highest BCUT2D eigenvalue weighted by Gasteiger charge is 2.18. The van der Waals surface area contributed by atoms with Crippen LogP contribution < -0.4 is 4.72 Å². The molecule has 1 rings (SSSR count). The molecule has 1 heterocycles. The van der Waals surface area contributed by atoms with Gasteiger partial charge in [-0.05, 0) is 18.4 Å². The summed E-state index contributed by atoms with van der Waals surface area (Å²) in [7, 11) is -3.56. The molecule has 0 aromatic carbocycles. The van der Waals surface area contributed by atoms with Gasteiger partial charge in [0, 0.05) is 11.9 Å². The van der Waals surface area contributed by atoms with Crippen LogP contribution in [0.1, 0.15) is 30.6 Å². The average molecular weight is 277 g/mol. The Morgan fingerprint density at radius 3 is 2.65 bits per heavy atom. The number of aromatic carboxylic acids is 1. The van der Waals surface area contributed by atoms with E-state index in [1.165, 1.54) is 11.4 Å². The van der Waals surface area contributed by atoms with Gasteiger partial charge in [-0.3, -0.25) is 0 Å². The topological polar surface area (TPSA) is 83.5 Å². The number of sulfonamides is 1. The quantitative estimate of drug-likeness (QED) is 0.830. The number of carboxylic acids is 1. The molecule has 0 aliphatic rings. The summed E-state index contributed by atoms with van der Waals surface area (Å²) in [6.45, 7) is 4.37. The number of carbonyl (C=O) groups is 1. The van der Waals surface area contributed by atoms with Gasteiger partial charge in [0.15, 0.2) is 0 Å². The van der Waals surface area contributed by atoms with Crippen molar-refractivity contribution in [3.8, 4) is 0 Å². The highest BCUT2D eigenvalue weighted by Crippen LogP contribution is 2.20. The van der Waals surface area contributed by atoms with Crippen molar-refractivity contribution < 1.29 is 18.3 Å². The summed E-state index contributed by atoms with van der Waals surface area (Å²) in [6, 6.07) is 1.17. The van der Waals surface area contributed by atoms with E-state index in [0.717, 1.165) is 17.8 Å². The Labute approximate surface area is 105 Å². The largest absolute Gasteiger partial charge is 0.478 e. The molecule has 96 valence electrons. The molecule has 0 saturated heterocycles. The zero-order valence-electron chi connectivity index (χ0n) is 9.63. The third kappa shape index (κ3) is 4.10. The van der Waals surface area contributed by atoms with Crippen LogP contribution in [0, 0.1) is 5.92 Å². The first-order chi connectivity index (χ1) is 7.83. The first-order valence-electron chi connectivity index (χ1n) is 5.14. The minimum Gasteiger partial charge on any atom is -0.478 e. The van der Waals surface area contributed by atoms with E-state index in [4.69, 9.17) is 5.11 Å². The standard InChI is InChI=1S/C10H15NO4S2/c1-7(2)3-4-11-17(14,15)9-5-8(6-16-9)10(12)13/h5-7,11H,3-4H2,1-2H3,(H,12,13). The van der Waals surface area contributed by atoms with Gasteiger partial charge in [0.25, 0.3) is 0 Å². The van der Waals surface area contributed by atoms with Crippen molar-refractivity contribution >= 4 is 27.3 Å². The molecule has 1 aromatic heterocycles. The first kappa shape index (κ1) is 14.1. The molecule has 0 aliphatic heterocycles. The molecule has 0 amide bonds. The Kier molecular flexibility index (Phi) is 4.67. The number of thiophene rings is 1. The van der Waals surface area contributed by atoms with Crippen LogP contribution in [-0.2, 0) is 10.0 Å². The van der Waals surface area contributed by atoms with Crippen LogP contribution in [0.5, 0.6) is 0 Å². The van der Waals surface area contributed by atoms with Gasteiger partial charge in [-0.1, -0.05) is 13.8 Å². The SMILES string of the molecule is CC(C)CCNS(=O)(=O)c1cc(C(=O)O)cs1. The second-order valence-corrected chi connectivity index (χ2v) is 6.94. The molecule has 7 heteroatoms. The summed E-state index contributed by atoms with van der Waals surface area (Å²) in [4.78, 5) is 10.6. The second-order valence-electron chi connectivity index (χ2n) is 4.04. The lowest BCUT2D eigenvalue weighted by atomic mass is 10.1. The molecule has 0 aliphatic carbocycles. The average Bonchev–Trinajstić information content (AvgIpc) is 2.65.